The first kappa shape index (κ1) is 14.6. The van der Waals surface area contributed by atoms with Crippen molar-refractivity contribution >= 4 is 5.78 Å². The average molecular weight is 271 g/mol. The van der Waals surface area contributed by atoms with Gasteiger partial charge in [0.15, 0.2) is 5.78 Å². The van der Waals surface area contributed by atoms with Crippen LogP contribution in [-0.4, -0.2) is 12.9 Å². The minimum atomic E-state index is -0.688. The van der Waals surface area contributed by atoms with Gasteiger partial charge in [-0.05, 0) is 36.0 Å². The monoisotopic (exact) mass is 271 g/mol. The molecule has 1 fully saturated rings. The van der Waals surface area contributed by atoms with E-state index in [-0.39, 0.29) is 17.1 Å². The van der Waals surface area contributed by atoms with E-state index in [1.54, 1.807) is 13.2 Å². The van der Waals surface area contributed by atoms with Gasteiger partial charge in [0, 0.05) is 5.92 Å². The number of hydrogen-bond acceptors (Lipinski definition) is 3. The molecule has 0 bridgehead atoms. The van der Waals surface area contributed by atoms with E-state index in [0.717, 1.165) is 24.8 Å². The number of hydrogen-bond donors (Lipinski definition) is 0. The van der Waals surface area contributed by atoms with Gasteiger partial charge in [0.1, 0.15) is 11.7 Å². The SMILES string of the molecule is COc1cccc(C(C#N)C(=O)C2CCCC2(C)C)c1. The Bertz CT molecular complexity index is 542. The topological polar surface area (TPSA) is 50.1 Å². The number of carbonyl (C=O) groups is 1. The summed E-state index contributed by atoms with van der Waals surface area (Å²) in [6.07, 6.45) is 3.02. The molecule has 3 nitrogen and oxygen atoms in total. The molecule has 2 unspecified atom stereocenters. The number of carbonyl (C=O) groups excluding carboxylic acids is 1. The number of rotatable bonds is 4. The molecular formula is C17H21NO2. The van der Waals surface area contributed by atoms with Gasteiger partial charge in [-0.25, -0.2) is 0 Å². The summed E-state index contributed by atoms with van der Waals surface area (Å²) in [7, 11) is 1.59. The third kappa shape index (κ3) is 2.70. The van der Waals surface area contributed by atoms with Crippen molar-refractivity contribution in [1.82, 2.24) is 0 Å². The molecule has 0 N–H and O–H groups in total. The molecule has 106 valence electrons. The molecule has 1 aliphatic rings. The van der Waals surface area contributed by atoms with Crippen LogP contribution < -0.4 is 4.74 Å². The highest BCUT2D eigenvalue weighted by Gasteiger charge is 2.42. The van der Waals surface area contributed by atoms with Gasteiger partial charge in [0.25, 0.3) is 0 Å². The number of ketones is 1. The van der Waals surface area contributed by atoms with Gasteiger partial charge in [-0.15, -0.1) is 0 Å². The largest absolute Gasteiger partial charge is 0.497 e. The lowest BCUT2D eigenvalue weighted by atomic mass is 9.75. The van der Waals surface area contributed by atoms with E-state index in [1.165, 1.54) is 0 Å². The molecule has 2 atom stereocenters. The van der Waals surface area contributed by atoms with Crippen LogP contribution >= 0.6 is 0 Å². The zero-order chi connectivity index (χ0) is 14.8. The quantitative estimate of drug-likeness (QED) is 0.839. The average Bonchev–Trinajstić information content (AvgIpc) is 2.79. The van der Waals surface area contributed by atoms with E-state index in [9.17, 15) is 10.1 Å². The second kappa shape index (κ2) is 5.66. The minimum absolute atomic E-state index is 0.00501. The van der Waals surface area contributed by atoms with E-state index < -0.39 is 5.92 Å². The Morgan fingerprint density at radius 3 is 2.80 bits per heavy atom. The zero-order valence-electron chi connectivity index (χ0n) is 12.3. The zero-order valence-corrected chi connectivity index (χ0v) is 12.3. The van der Waals surface area contributed by atoms with E-state index >= 15 is 0 Å². The molecule has 0 heterocycles. The summed E-state index contributed by atoms with van der Waals surface area (Å²) in [5.41, 5.74) is 0.741. The Balaban J connectivity index is 2.28. The van der Waals surface area contributed by atoms with E-state index in [4.69, 9.17) is 4.74 Å². The van der Waals surface area contributed by atoms with Crippen LogP contribution in [0.15, 0.2) is 24.3 Å². The van der Waals surface area contributed by atoms with Gasteiger partial charge in [0.2, 0.25) is 0 Å². The molecule has 0 radical (unpaired) electrons. The molecule has 20 heavy (non-hydrogen) atoms. The molecule has 2 rings (SSSR count). The Morgan fingerprint density at radius 1 is 1.50 bits per heavy atom. The van der Waals surface area contributed by atoms with Crippen molar-refractivity contribution in [3.8, 4) is 11.8 Å². The van der Waals surface area contributed by atoms with Gasteiger partial charge in [0.05, 0.1) is 13.2 Å². The summed E-state index contributed by atoms with van der Waals surface area (Å²) in [5.74, 6) is 0.0373. The van der Waals surface area contributed by atoms with Gasteiger partial charge in [-0.2, -0.15) is 5.26 Å². The van der Waals surface area contributed by atoms with Crippen molar-refractivity contribution in [2.24, 2.45) is 11.3 Å². The molecule has 3 heteroatoms. The lowest BCUT2D eigenvalue weighted by Gasteiger charge is -2.27. The number of Topliss-reactive ketones (excluding diaryl/α,β-unsaturated/α-hetero) is 1. The molecule has 1 aliphatic carbocycles. The molecule has 0 aliphatic heterocycles. The summed E-state index contributed by atoms with van der Waals surface area (Å²) in [5, 5.41) is 9.43. The molecular weight excluding hydrogens is 250 g/mol. The summed E-state index contributed by atoms with van der Waals surface area (Å²) >= 11 is 0. The Labute approximate surface area is 120 Å². The van der Waals surface area contributed by atoms with Crippen LogP contribution in [0.3, 0.4) is 0 Å². The third-order valence-electron chi connectivity index (χ3n) is 4.44. The van der Waals surface area contributed by atoms with Crippen LogP contribution in [0.2, 0.25) is 0 Å². The summed E-state index contributed by atoms with van der Waals surface area (Å²) < 4.78 is 5.17. The van der Waals surface area contributed by atoms with Crippen molar-refractivity contribution < 1.29 is 9.53 Å². The summed E-state index contributed by atoms with van der Waals surface area (Å²) in [6, 6.07) is 9.44. The normalized spacial score (nSPS) is 22.0. The maximum Gasteiger partial charge on any atom is 0.158 e. The number of nitriles is 1. The molecule has 0 saturated heterocycles. The highest BCUT2D eigenvalue weighted by molar-refractivity contribution is 5.91. The van der Waals surface area contributed by atoms with Crippen LogP contribution in [0, 0.1) is 22.7 Å². The predicted octanol–water partition coefficient (Wildman–Crippen LogP) is 3.70. The maximum absolute atomic E-state index is 12.7. The summed E-state index contributed by atoms with van der Waals surface area (Å²) in [6.45, 7) is 4.26. The van der Waals surface area contributed by atoms with Crippen LogP contribution in [0.5, 0.6) is 5.75 Å². The first-order valence-corrected chi connectivity index (χ1v) is 7.07. The minimum Gasteiger partial charge on any atom is -0.497 e. The van der Waals surface area contributed by atoms with Crippen LogP contribution in [0.25, 0.3) is 0 Å². The van der Waals surface area contributed by atoms with Crippen molar-refractivity contribution in [2.75, 3.05) is 7.11 Å². The maximum atomic E-state index is 12.7. The van der Waals surface area contributed by atoms with Gasteiger partial charge in [-0.3, -0.25) is 4.79 Å². The predicted molar refractivity (Wildman–Crippen MR) is 77.5 cm³/mol. The second-order valence-electron chi connectivity index (χ2n) is 6.17. The van der Waals surface area contributed by atoms with Crippen LogP contribution in [0.1, 0.15) is 44.6 Å². The Morgan fingerprint density at radius 2 is 2.25 bits per heavy atom. The van der Waals surface area contributed by atoms with E-state index in [0.29, 0.717) is 5.75 Å². The number of nitrogens with zero attached hydrogens (tertiary/aromatic N) is 1. The number of methoxy groups -OCH3 is 1. The third-order valence-corrected chi connectivity index (χ3v) is 4.44. The lowest BCUT2D eigenvalue weighted by Crippen LogP contribution is -2.29. The van der Waals surface area contributed by atoms with Crippen molar-refractivity contribution in [2.45, 2.75) is 39.0 Å². The molecule has 1 aromatic rings. The van der Waals surface area contributed by atoms with Crippen LogP contribution in [0.4, 0.5) is 0 Å². The molecule has 1 aromatic carbocycles. The molecule has 0 spiro atoms. The van der Waals surface area contributed by atoms with E-state index in [1.807, 2.05) is 18.2 Å². The summed E-state index contributed by atoms with van der Waals surface area (Å²) in [4.78, 5) is 12.7. The van der Waals surface area contributed by atoms with Gasteiger partial charge in [-0.1, -0.05) is 32.4 Å². The fraction of sp³-hybridized carbons (Fsp3) is 0.529. The lowest BCUT2D eigenvalue weighted by molar-refractivity contribution is -0.125. The fourth-order valence-electron chi connectivity index (χ4n) is 3.18. The van der Waals surface area contributed by atoms with Crippen LogP contribution in [-0.2, 0) is 4.79 Å². The Hall–Kier alpha value is -1.82. The molecule has 1 saturated carbocycles. The fourth-order valence-corrected chi connectivity index (χ4v) is 3.18. The standard InChI is InChI=1S/C17H21NO2/c1-17(2)9-5-8-15(17)16(19)14(11-18)12-6-4-7-13(10-12)20-3/h4,6-7,10,14-15H,5,8-9H2,1-3H3. The number of benzene rings is 1. The van der Waals surface area contributed by atoms with E-state index in [2.05, 4.69) is 19.9 Å². The first-order chi connectivity index (χ1) is 9.49. The first-order valence-electron chi connectivity index (χ1n) is 7.07. The second-order valence-corrected chi connectivity index (χ2v) is 6.17. The van der Waals surface area contributed by atoms with Crippen molar-refractivity contribution in [3.63, 3.8) is 0 Å². The van der Waals surface area contributed by atoms with Gasteiger partial charge < -0.3 is 4.74 Å². The van der Waals surface area contributed by atoms with Gasteiger partial charge >= 0.3 is 0 Å². The van der Waals surface area contributed by atoms with Crippen molar-refractivity contribution in [1.29, 1.82) is 5.26 Å². The highest BCUT2D eigenvalue weighted by Crippen LogP contribution is 2.45. The highest BCUT2D eigenvalue weighted by atomic mass is 16.5. The molecule has 0 aromatic heterocycles. The Kier molecular flexibility index (Phi) is 4.13. The molecule has 0 amide bonds. The number of ether oxygens (including phenoxy) is 1. The van der Waals surface area contributed by atoms with Crippen molar-refractivity contribution in [3.05, 3.63) is 29.8 Å². The smallest absolute Gasteiger partial charge is 0.158 e.